The molecule has 3 heteroatoms. The molecule has 1 aromatic carbocycles. The summed E-state index contributed by atoms with van der Waals surface area (Å²) >= 11 is 0. The standard InChI is InChI=1S/C15H22N2O/c1-14(2)11-16-15(3,4)13(18)17(14)10-12-8-6-5-7-9-12/h5-9,16H,10-11H2,1-4H3. The van der Waals surface area contributed by atoms with Gasteiger partial charge in [0, 0.05) is 13.1 Å². The van der Waals surface area contributed by atoms with Crippen molar-refractivity contribution in [2.24, 2.45) is 0 Å². The van der Waals surface area contributed by atoms with Crippen molar-refractivity contribution in [2.75, 3.05) is 6.54 Å². The summed E-state index contributed by atoms with van der Waals surface area (Å²) in [6.07, 6.45) is 0. The van der Waals surface area contributed by atoms with Crippen molar-refractivity contribution in [1.82, 2.24) is 10.2 Å². The monoisotopic (exact) mass is 246 g/mol. The summed E-state index contributed by atoms with van der Waals surface area (Å²) in [6.45, 7) is 9.60. The minimum absolute atomic E-state index is 0.150. The number of piperazine rings is 1. The van der Waals surface area contributed by atoms with E-state index < -0.39 is 5.54 Å². The van der Waals surface area contributed by atoms with Crippen LogP contribution in [0.5, 0.6) is 0 Å². The number of rotatable bonds is 2. The van der Waals surface area contributed by atoms with Crippen LogP contribution in [0, 0.1) is 0 Å². The smallest absolute Gasteiger partial charge is 0.243 e. The fraction of sp³-hybridized carbons (Fsp3) is 0.533. The van der Waals surface area contributed by atoms with Crippen LogP contribution in [0.25, 0.3) is 0 Å². The molecule has 1 heterocycles. The molecule has 0 unspecified atom stereocenters. The Balaban J connectivity index is 2.25. The van der Waals surface area contributed by atoms with Crippen molar-refractivity contribution in [3.05, 3.63) is 35.9 Å². The zero-order valence-corrected chi connectivity index (χ0v) is 11.7. The molecule has 0 saturated carbocycles. The Hall–Kier alpha value is -1.35. The molecule has 1 aliphatic rings. The number of hydrogen-bond acceptors (Lipinski definition) is 2. The fourth-order valence-corrected chi connectivity index (χ4v) is 2.27. The van der Waals surface area contributed by atoms with E-state index in [2.05, 4.69) is 31.3 Å². The predicted molar refractivity (Wildman–Crippen MR) is 73.2 cm³/mol. The maximum Gasteiger partial charge on any atom is 0.243 e. The zero-order valence-electron chi connectivity index (χ0n) is 11.7. The molecular formula is C15H22N2O. The maximum atomic E-state index is 12.5. The van der Waals surface area contributed by atoms with Gasteiger partial charge < -0.3 is 10.2 Å². The second-order valence-electron chi connectivity index (χ2n) is 6.17. The summed E-state index contributed by atoms with van der Waals surface area (Å²) in [4.78, 5) is 14.5. The molecule has 0 bridgehead atoms. The van der Waals surface area contributed by atoms with Crippen molar-refractivity contribution in [3.8, 4) is 0 Å². The highest BCUT2D eigenvalue weighted by molar-refractivity contribution is 5.87. The lowest BCUT2D eigenvalue weighted by atomic mass is 9.90. The van der Waals surface area contributed by atoms with Gasteiger partial charge in [0.25, 0.3) is 0 Å². The van der Waals surface area contributed by atoms with Crippen molar-refractivity contribution < 1.29 is 4.79 Å². The van der Waals surface area contributed by atoms with E-state index in [1.165, 1.54) is 5.56 Å². The first-order valence-electron chi connectivity index (χ1n) is 6.44. The second kappa shape index (κ2) is 4.39. The Morgan fingerprint density at radius 2 is 1.78 bits per heavy atom. The molecule has 0 aliphatic carbocycles. The van der Waals surface area contributed by atoms with Crippen LogP contribution in [0.2, 0.25) is 0 Å². The predicted octanol–water partition coefficient (Wildman–Crippen LogP) is 2.18. The first-order chi connectivity index (χ1) is 8.33. The van der Waals surface area contributed by atoms with Gasteiger partial charge in [-0.3, -0.25) is 4.79 Å². The molecule has 2 rings (SSSR count). The summed E-state index contributed by atoms with van der Waals surface area (Å²) in [5, 5.41) is 3.32. The number of carbonyl (C=O) groups is 1. The Morgan fingerprint density at radius 1 is 1.17 bits per heavy atom. The molecular weight excluding hydrogens is 224 g/mol. The largest absolute Gasteiger partial charge is 0.330 e. The number of nitrogens with zero attached hydrogens (tertiary/aromatic N) is 1. The van der Waals surface area contributed by atoms with Crippen LogP contribution in [-0.2, 0) is 11.3 Å². The third kappa shape index (κ3) is 2.41. The quantitative estimate of drug-likeness (QED) is 0.867. The van der Waals surface area contributed by atoms with Crippen LogP contribution < -0.4 is 5.32 Å². The van der Waals surface area contributed by atoms with Crippen LogP contribution in [-0.4, -0.2) is 28.4 Å². The Bertz CT molecular complexity index is 437. The van der Waals surface area contributed by atoms with Crippen LogP contribution in [0.3, 0.4) is 0 Å². The number of carbonyl (C=O) groups excluding carboxylic acids is 1. The van der Waals surface area contributed by atoms with Crippen LogP contribution >= 0.6 is 0 Å². The summed E-state index contributed by atoms with van der Waals surface area (Å²) in [5.74, 6) is 0.169. The summed E-state index contributed by atoms with van der Waals surface area (Å²) in [7, 11) is 0. The molecule has 0 spiro atoms. The second-order valence-corrected chi connectivity index (χ2v) is 6.17. The summed E-state index contributed by atoms with van der Waals surface area (Å²) in [5.41, 5.74) is 0.559. The highest BCUT2D eigenvalue weighted by Gasteiger charge is 2.44. The highest BCUT2D eigenvalue weighted by atomic mass is 16.2. The first-order valence-corrected chi connectivity index (χ1v) is 6.44. The van der Waals surface area contributed by atoms with Crippen molar-refractivity contribution >= 4 is 5.91 Å². The van der Waals surface area contributed by atoms with Gasteiger partial charge in [0.05, 0.1) is 11.1 Å². The molecule has 1 fully saturated rings. The van der Waals surface area contributed by atoms with E-state index in [1.807, 2.05) is 36.9 Å². The van der Waals surface area contributed by atoms with Crippen molar-refractivity contribution in [3.63, 3.8) is 0 Å². The highest BCUT2D eigenvalue weighted by Crippen LogP contribution is 2.26. The van der Waals surface area contributed by atoms with Crippen molar-refractivity contribution in [2.45, 2.75) is 45.3 Å². The van der Waals surface area contributed by atoms with Gasteiger partial charge >= 0.3 is 0 Å². The molecule has 18 heavy (non-hydrogen) atoms. The van der Waals surface area contributed by atoms with Crippen LogP contribution in [0.1, 0.15) is 33.3 Å². The fourth-order valence-electron chi connectivity index (χ4n) is 2.27. The molecule has 0 radical (unpaired) electrons. The normalized spacial score (nSPS) is 22.0. The Morgan fingerprint density at radius 3 is 2.39 bits per heavy atom. The van der Waals surface area contributed by atoms with Gasteiger partial charge in [0.15, 0.2) is 0 Å². The molecule has 1 amide bonds. The molecule has 0 aromatic heterocycles. The van der Waals surface area contributed by atoms with Gasteiger partial charge in [-0.25, -0.2) is 0 Å². The van der Waals surface area contributed by atoms with Crippen LogP contribution in [0.4, 0.5) is 0 Å². The van der Waals surface area contributed by atoms with E-state index in [0.717, 1.165) is 6.54 Å². The molecule has 1 aliphatic heterocycles. The van der Waals surface area contributed by atoms with E-state index >= 15 is 0 Å². The first kappa shape index (κ1) is 13.1. The van der Waals surface area contributed by atoms with Gasteiger partial charge in [-0.15, -0.1) is 0 Å². The van der Waals surface area contributed by atoms with Gasteiger partial charge in [0.1, 0.15) is 0 Å². The Kier molecular flexibility index (Phi) is 3.20. The average molecular weight is 246 g/mol. The SMILES string of the molecule is CC1(C)NCC(C)(C)N(Cc2ccccc2)C1=O. The van der Waals surface area contributed by atoms with E-state index in [1.54, 1.807) is 0 Å². The van der Waals surface area contributed by atoms with Crippen LogP contribution in [0.15, 0.2) is 30.3 Å². The molecule has 0 atom stereocenters. The third-order valence-corrected chi connectivity index (χ3v) is 3.66. The number of nitrogens with one attached hydrogen (secondary N) is 1. The maximum absolute atomic E-state index is 12.5. The summed E-state index contributed by atoms with van der Waals surface area (Å²) in [6, 6.07) is 10.2. The van der Waals surface area contributed by atoms with Crippen molar-refractivity contribution in [1.29, 1.82) is 0 Å². The third-order valence-electron chi connectivity index (χ3n) is 3.66. The minimum atomic E-state index is -0.468. The van der Waals surface area contributed by atoms with Gasteiger partial charge in [-0.2, -0.15) is 0 Å². The topological polar surface area (TPSA) is 32.3 Å². The number of amides is 1. The minimum Gasteiger partial charge on any atom is -0.330 e. The molecule has 1 saturated heterocycles. The summed E-state index contributed by atoms with van der Waals surface area (Å²) < 4.78 is 0. The van der Waals surface area contributed by atoms with E-state index in [9.17, 15) is 4.79 Å². The van der Waals surface area contributed by atoms with E-state index in [4.69, 9.17) is 0 Å². The molecule has 1 N–H and O–H groups in total. The van der Waals surface area contributed by atoms with Gasteiger partial charge in [0.2, 0.25) is 5.91 Å². The van der Waals surface area contributed by atoms with E-state index in [-0.39, 0.29) is 11.4 Å². The number of hydrogen-bond donors (Lipinski definition) is 1. The zero-order chi connectivity index (χ0) is 13.4. The molecule has 98 valence electrons. The average Bonchev–Trinajstić information content (AvgIpc) is 2.33. The van der Waals surface area contributed by atoms with Gasteiger partial charge in [-0.05, 0) is 33.3 Å². The Labute approximate surface area is 109 Å². The molecule has 3 nitrogen and oxygen atoms in total. The lowest BCUT2D eigenvalue weighted by molar-refractivity contribution is -0.148. The van der Waals surface area contributed by atoms with E-state index in [0.29, 0.717) is 6.54 Å². The lowest BCUT2D eigenvalue weighted by Crippen LogP contribution is -2.68. The lowest BCUT2D eigenvalue weighted by Gasteiger charge is -2.49. The molecule has 1 aromatic rings. The van der Waals surface area contributed by atoms with Gasteiger partial charge in [-0.1, -0.05) is 30.3 Å². The number of benzene rings is 1.